The summed E-state index contributed by atoms with van der Waals surface area (Å²) in [5.74, 6) is 0. The van der Waals surface area contributed by atoms with Crippen molar-refractivity contribution in [2.45, 2.75) is 140 Å². The van der Waals surface area contributed by atoms with Crippen LogP contribution in [0.5, 0.6) is 0 Å². The lowest BCUT2D eigenvalue weighted by Crippen LogP contribution is -2.15. The van der Waals surface area contributed by atoms with Crippen molar-refractivity contribution in [2.24, 2.45) is 0 Å². The van der Waals surface area contributed by atoms with Crippen LogP contribution in [0.3, 0.4) is 0 Å². The average Bonchev–Trinajstić information content (AvgIpc) is 3.02. The van der Waals surface area contributed by atoms with Gasteiger partial charge in [-0.3, -0.25) is 19.2 Å². The Kier molecular flexibility index (Phi) is 18.4. The average molecular weight is 721 g/mol. The maximum absolute atomic E-state index is 10.8. The number of aryl methyl sites for hydroxylation is 4. The largest absolute Gasteiger partial charge is 0.298 e. The van der Waals surface area contributed by atoms with Crippen molar-refractivity contribution in [3.8, 4) is 0 Å². The molecule has 0 heterocycles. The highest BCUT2D eigenvalue weighted by atomic mass is 16.1. The van der Waals surface area contributed by atoms with E-state index in [0.29, 0.717) is 0 Å². The molecule has 4 rings (SSSR count). The van der Waals surface area contributed by atoms with Crippen LogP contribution in [0.1, 0.15) is 176 Å². The minimum Gasteiger partial charge on any atom is -0.298 e. The van der Waals surface area contributed by atoms with E-state index in [2.05, 4.69) is 89.2 Å². The molecule has 4 heteroatoms. The highest BCUT2D eigenvalue weighted by Gasteiger charge is 2.20. The third-order valence-electron chi connectivity index (χ3n) is 8.62. The first-order chi connectivity index (χ1) is 23.8. The molecule has 53 heavy (non-hydrogen) atoms. The van der Waals surface area contributed by atoms with Crippen LogP contribution < -0.4 is 0 Å². The zero-order chi connectivity index (χ0) is 40.2. The first-order valence-corrected chi connectivity index (χ1v) is 18.0. The summed E-state index contributed by atoms with van der Waals surface area (Å²) in [6.07, 6.45) is 3.67. The second-order valence-corrected chi connectivity index (χ2v) is 17.8. The molecule has 0 aliphatic carbocycles. The second-order valence-electron chi connectivity index (χ2n) is 17.8. The molecule has 4 aromatic carbocycles. The van der Waals surface area contributed by atoms with Crippen molar-refractivity contribution in [3.63, 3.8) is 0 Å². The van der Waals surface area contributed by atoms with Crippen LogP contribution in [-0.4, -0.2) is 25.1 Å². The minimum absolute atomic E-state index is 0. The predicted molar refractivity (Wildman–Crippen MR) is 228 cm³/mol. The molecule has 0 aromatic heterocycles. The van der Waals surface area contributed by atoms with Gasteiger partial charge in [0.15, 0.2) is 0 Å². The monoisotopic (exact) mass is 721 g/mol. The van der Waals surface area contributed by atoms with Gasteiger partial charge in [0.2, 0.25) is 0 Å². The van der Waals surface area contributed by atoms with Gasteiger partial charge in [-0.15, -0.1) is 0 Å². The van der Waals surface area contributed by atoms with Gasteiger partial charge in [-0.1, -0.05) is 150 Å². The van der Waals surface area contributed by atoms with Gasteiger partial charge in [0.25, 0.3) is 0 Å². The number of rotatable bonds is 4. The molecule has 0 radical (unpaired) electrons. The second kappa shape index (κ2) is 20.1. The van der Waals surface area contributed by atoms with Crippen LogP contribution in [-0.2, 0) is 21.7 Å². The molecule has 4 aromatic rings. The van der Waals surface area contributed by atoms with Crippen LogP contribution >= 0.6 is 0 Å². The highest BCUT2D eigenvalue weighted by molar-refractivity contribution is 5.79. The fourth-order valence-corrected chi connectivity index (χ4v) is 6.19. The molecule has 4 nitrogen and oxygen atoms in total. The quantitative estimate of drug-likeness (QED) is 0.197. The van der Waals surface area contributed by atoms with E-state index in [-0.39, 0.29) is 29.1 Å². The molecule has 0 bridgehead atoms. The van der Waals surface area contributed by atoms with E-state index in [1.165, 1.54) is 22.3 Å². The Morgan fingerprint density at radius 2 is 0.943 bits per heavy atom. The van der Waals surface area contributed by atoms with E-state index in [9.17, 15) is 19.2 Å². The SMILES string of the molecule is C.Cc1cc(C=O)cc(C(C)(C)C)c1.Cc1cc(C=O)ccc1C(C)(C)C.Cc1ccc(C(C)(C)C)c(C=O)c1.Cc1cccc(C=O)c1C(C)(C)C. The standard InChI is InChI=1S/4C12H16O.CH4/c1-9-5-10(8-13)7-11(6-9)12(2,3)4;1-9-7-10(8-13)5-6-11(9)12(2,3)4;1-9-5-6-11(12(2,3)4)10(7-9)8-13;1-9-6-5-7-10(8-13)11(9)12(2,3)4;/h4*5-8H,1-4H3;1H4. The lowest BCUT2D eigenvalue weighted by Gasteiger charge is -2.23. The fraction of sp³-hybridized carbons (Fsp3) is 0.429. The molecule has 0 amide bonds. The molecular formula is C49H68O4. The molecule has 0 saturated heterocycles. The number of carbonyl (C=O) groups excluding carboxylic acids is 4. The predicted octanol–water partition coefficient (Wildman–Crippen LogP) is 13.1. The summed E-state index contributed by atoms with van der Waals surface area (Å²) in [5.41, 5.74) is 13.0. The molecule has 0 fully saturated rings. The minimum atomic E-state index is 0. The third-order valence-corrected chi connectivity index (χ3v) is 8.62. The van der Waals surface area contributed by atoms with E-state index < -0.39 is 0 Å². The maximum Gasteiger partial charge on any atom is 0.150 e. The van der Waals surface area contributed by atoms with Crippen LogP contribution in [0.25, 0.3) is 0 Å². The summed E-state index contributed by atoms with van der Waals surface area (Å²) in [5, 5.41) is 0. The van der Waals surface area contributed by atoms with Gasteiger partial charge in [0.1, 0.15) is 25.1 Å². The lowest BCUT2D eigenvalue weighted by molar-refractivity contribution is 0.111. The Bertz CT molecular complexity index is 1810. The molecule has 0 atom stereocenters. The normalized spacial score (nSPS) is 11.2. The van der Waals surface area contributed by atoms with Crippen molar-refractivity contribution in [2.75, 3.05) is 0 Å². The van der Waals surface area contributed by atoms with E-state index in [1.54, 1.807) is 0 Å². The summed E-state index contributed by atoms with van der Waals surface area (Å²) in [4.78, 5) is 42.8. The van der Waals surface area contributed by atoms with E-state index >= 15 is 0 Å². The fourth-order valence-electron chi connectivity index (χ4n) is 6.19. The summed E-state index contributed by atoms with van der Waals surface area (Å²) in [7, 11) is 0. The summed E-state index contributed by atoms with van der Waals surface area (Å²) >= 11 is 0. The van der Waals surface area contributed by atoms with E-state index in [0.717, 1.165) is 69.7 Å². The Balaban J connectivity index is 0.000000676. The van der Waals surface area contributed by atoms with E-state index in [4.69, 9.17) is 0 Å². The Hall–Kier alpha value is -4.44. The van der Waals surface area contributed by atoms with Gasteiger partial charge >= 0.3 is 0 Å². The molecule has 0 aliphatic rings. The van der Waals surface area contributed by atoms with Crippen LogP contribution in [0.15, 0.2) is 72.8 Å². The van der Waals surface area contributed by atoms with Gasteiger partial charge < -0.3 is 0 Å². The molecule has 0 aliphatic heterocycles. The molecule has 0 N–H and O–H groups in total. The number of benzene rings is 4. The Morgan fingerprint density at radius 1 is 0.415 bits per heavy atom. The van der Waals surface area contributed by atoms with Crippen molar-refractivity contribution in [1.29, 1.82) is 0 Å². The topological polar surface area (TPSA) is 68.3 Å². The van der Waals surface area contributed by atoms with Crippen molar-refractivity contribution >= 4 is 25.1 Å². The zero-order valence-electron chi connectivity index (χ0n) is 34.9. The Morgan fingerprint density at radius 3 is 1.36 bits per heavy atom. The first-order valence-electron chi connectivity index (χ1n) is 18.0. The number of aldehydes is 4. The number of hydrogen-bond acceptors (Lipinski definition) is 4. The lowest BCUT2D eigenvalue weighted by atomic mass is 9.81. The van der Waals surface area contributed by atoms with Gasteiger partial charge in [0, 0.05) is 22.3 Å². The van der Waals surface area contributed by atoms with Gasteiger partial charge in [-0.2, -0.15) is 0 Å². The summed E-state index contributed by atoms with van der Waals surface area (Å²) < 4.78 is 0. The van der Waals surface area contributed by atoms with E-state index in [1.807, 2.05) is 94.4 Å². The van der Waals surface area contributed by atoms with Crippen molar-refractivity contribution in [3.05, 3.63) is 140 Å². The molecule has 0 unspecified atom stereocenters. The number of hydrogen-bond donors (Lipinski definition) is 0. The van der Waals surface area contributed by atoms with Gasteiger partial charge in [-0.25, -0.2) is 0 Å². The molecule has 0 saturated carbocycles. The van der Waals surface area contributed by atoms with Crippen LogP contribution in [0.2, 0.25) is 0 Å². The Labute approximate surface area is 322 Å². The smallest absolute Gasteiger partial charge is 0.150 e. The highest BCUT2D eigenvalue weighted by Crippen LogP contribution is 2.29. The van der Waals surface area contributed by atoms with Gasteiger partial charge in [0.05, 0.1) is 0 Å². The molecule has 288 valence electrons. The van der Waals surface area contributed by atoms with Crippen LogP contribution in [0, 0.1) is 27.7 Å². The van der Waals surface area contributed by atoms with Crippen LogP contribution in [0.4, 0.5) is 0 Å². The van der Waals surface area contributed by atoms with Crippen molar-refractivity contribution in [1.82, 2.24) is 0 Å². The summed E-state index contributed by atoms with van der Waals surface area (Å²) in [6.45, 7) is 33.8. The van der Waals surface area contributed by atoms with Crippen molar-refractivity contribution < 1.29 is 19.2 Å². The number of carbonyl (C=O) groups is 4. The molecular weight excluding hydrogens is 653 g/mol. The molecule has 0 spiro atoms. The third kappa shape index (κ3) is 15.6. The first kappa shape index (κ1) is 48.6. The van der Waals surface area contributed by atoms with Gasteiger partial charge in [-0.05, 0) is 107 Å². The maximum atomic E-state index is 10.8. The zero-order valence-corrected chi connectivity index (χ0v) is 34.9. The summed E-state index contributed by atoms with van der Waals surface area (Å²) in [6, 6.07) is 23.7.